The molecular weight excluding hydrogens is 210 g/mol. The van der Waals surface area contributed by atoms with Gasteiger partial charge in [-0.3, -0.25) is 0 Å². The Kier molecular flexibility index (Phi) is 2.93. The number of oxime groups is 1. The summed E-state index contributed by atoms with van der Waals surface area (Å²) < 4.78 is 5.88. The van der Waals surface area contributed by atoms with Gasteiger partial charge in [-0.05, 0) is 28.8 Å². The third-order valence-electron chi connectivity index (χ3n) is 1.68. The lowest BCUT2D eigenvalue weighted by atomic mass is 10.0. The minimum atomic E-state index is 0.674. The normalized spacial score (nSPS) is 22.5. The van der Waals surface area contributed by atoms with Crippen molar-refractivity contribution in [2.45, 2.75) is 19.3 Å². The molecule has 11 heavy (non-hydrogen) atoms. The molecule has 1 rings (SSSR count). The first-order chi connectivity index (χ1) is 5.29. The molecule has 0 amide bonds. The van der Waals surface area contributed by atoms with Gasteiger partial charge in [-0.2, -0.15) is 0 Å². The summed E-state index contributed by atoms with van der Waals surface area (Å²) in [7, 11) is 1.62. The molecule has 0 aromatic carbocycles. The highest BCUT2D eigenvalue weighted by molar-refractivity contribution is 9.12. The monoisotopic (exact) mass is 219 g/mol. The second-order valence-electron chi connectivity index (χ2n) is 2.34. The number of ether oxygens (including phenoxy) is 1. The van der Waals surface area contributed by atoms with Crippen molar-refractivity contribution in [1.29, 1.82) is 0 Å². The molecule has 1 aliphatic carbocycles. The van der Waals surface area contributed by atoms with Crippen molar-refractivity contribution in [3.8, 4) is 0 Å². The molecule has 0 heterocycles. The highest BCUT2D eigenvalue weighted by Gasteiger charge is 2.17. The van der Waals surface area contributed by atoms with E-state index in [0.717, 1.165) is 29.5 Å². The number of nitrogens with zero attached hydrogens (tertiary/aromatic N) is 1. The zero-order valence-electron chi connectivity index (χ0n) is 6.30. The van der Waals surface area contributed by atoms with E-state index in [2.05, 4.69) is 21.1 Å². The molecule has 0 unspecified atom stereocenters. The average Bonchev–Trinajstić information content (AvgIpc) is 2.05. The molecule has 0 saturated carbocycles. The van der Waals surface area contributed by atoms with Crippen molar-refractivity contribution in [2.24, 2.45) is 5.16 Å². The standard InChI is InChI=1S/C7H10BrNO2/c1-11-6-4-2-3-5(9-10)7(6)8/h10H,2-4H2,1H3/b9-5+. The zero-order chi connectivity index (χ0) is 8.27. The molecule has 0 aromatic rings. The summed E-state index contributed by atoms with van der Waals surface area (Å²) in [5.41, 5.74) is 0.674. The van der Waals surface area contributed by atoms with E-state index in [-0.39, 0.29) is 0 Å². The molecule has 0 fully saturated rings. The molecule has 0 saturated heterocycles. The van der Waals surface area contributed by atoms with Crippen LogP contribution >= 0.6 is 15.9 Å². The fraction of sp³-hybridized carbons (Fsp3) is 0.571. The van der Waals surface area contributed by atoms with Gasteiger partial charge in [0.25, 0.3) is 0 Å². The molecule has 4 heteroatoms. The number of rotatable bonds is 1. The van der Waals surface area contributed by atoms with Crippen molar-refractivity contribution in [2.75, 3.05) is 7.11 Å². The van der Waals surface area contributed by atoms with E-state index in [1.165, 1.54) is 0 Å². The highest BCUT2D eigenvalue weighted by Crippen LogP contribution is 2.27. The third-order valence-corrected chi connectivity index (χ3v) is 2.58. The molecule has 3 nitrogen and oxygen atoms in total. The van der Waals surface area contributed by atoms with Gasteiger partial charge in [-0.1, -0.05) is 5.16 Å². The fourth-order valence-electron chi connectivity index (χ4n) is 1.08. The maximum Gasteiger partial charge on any atom is 0.112 e. The highest BCUT2D eigenvalue weighted by atomic mass is 79.9. The second-order valence-corrected chi connectivity index (χ2v) is 3.13. The van der Waals surface area contributed by atoms with Crippen LogP contribution < -0.4 is 0 Å². The number of hydrogen-bond donors (Lipinski definition) is 1. The van der Waals surface area contributed by atoms with Gasteiger partial charge in [0, 0.05) is 6.42 Å². The minimum Gasteiger partial charge on any atom is -0.500 e. The second kappa shape index (κ2) is 3.76. The molecule has 1 aliphatic rings. The Hall–Kier alpha value is -0.510. The van der Waals surface area contributed by atoms with E-state index in [9.17, 15) is 0 Å². The largest absolute Gasteiger partial charge is 0.500 e. The van der Waals surface area contributed by atoms with Crippen molar-refractivity contribution >= 4 is 21.6 Å². The lowest BCUT2D eigenvalue weighted by Crippen LogP contribution is -2.08. The van der Waals surface area contributed by atoms with E-state index >= 15 is 0 Å². The summed E-state index contributed by atoms with van der Waals surface area (Å²) in [6.07, 6.45) is 2.71. The Bertz CT molecular complexity index is 210. The van der Waals surface area contributed by atoms with Crippen LogP contribution in [0.3, 0.4) is 0 Å². The van der Waals surface area contributed by atoms with Crippen LogP contribution in [-0.2, 0) is 4.74 Å². The number of allylic oxidation sites excluding steroid dienone is 2. The van der Waals surface area contributed by atoms with E-state index in [1.807, 2.05) is 0 Å². The number of methoxy groups -OCH3 is 1. The van der Waals surface area contributed by atoms with Crippen molar-refractivity contribution in [1.82, 2.24) is 0 Å². The molecule has 0 bridgehead atoms. The van der Waals surface area contributed by atoms with Crippen LogP contribution in [0, 0.1) is 0 Å². The van der Waals surface area contributed by atoms with Crippen LogP contribution in [0.2, 0.25) is 0 Å². The van der Waals surface area contributed by atoms with Crippen molar-refractivity contribution in [3.05, 3.63) is 10.2 Å². The van der Waals surface area contributed by atoms with Crippen LogP contribution in [0.1, 0.15) is 19.3 Å². The predicted molar refractivity (Wildman–Crippen MR) is 46.0 cm³/mol. The molecule has 62 valence electrons. The molecule has 0 aliphatic heterocycles. The topological polar surface area (TPSA) is 41.8 Å². The summed E-state index contributed by atoms with van der Waals surface area (Å²) in [6.45, 7) is 0. The fourth-order valence-corrected chi connectivity index (χ4v) is 1.72. The molecule has 0 atom stereocenters. The Labute approximate surface area is 73.9 Å². The van der Waals surface area contributed by atoms with Crippen LogP contribution in [0.15, 0.2) is 15.4 Å². The van der Waals surface area contributed by atoms with Gasteiger partial charge in [0.05, 0.1) is 17.3 Å². The Balaban J connectivity index is 2.89. The van der Waals surface area contributed by atoms with Crippen LogP contribution in [-0.4, -0.2) is 18.0 Å². The van der Waals surface area contributed by atoms with Crippen molar-refractivity contribution in [3.63, 3.8) is 0 Å². The smallest absolute Gasteiger partial charge is 0.112 e. The number of hydrogen-bond acceptors (Lipinski definition) is 3. The maximum absolute atomic E-state index is 8.54. The first kappa shape index (κ1) is 8.59. The molecular formula is C7H10BrNO2. The SMILES string of the molecule is COC1=C(Br)/C(=N/O)CCC1. The number of halogens is 1. The molecule has 0 aromatic heterocycles. The minimum absolute atomic E-state index is 0.674. The van der Waals surface area contributed by atoms with Crippen molar-refractivity contribution < 1.29 is 9.94 Å². The first-order valence-electron chi connectivity index (χ1n) is 3.43. The molecule has 1 N–H and O–H groups in total. The van der Waals surface area contributed by atoms with Gasteiger partial charge in [0.15, 0.2) is 0 Å². The lowest BCUT2D eigenvalue weighted by molar-refractivity contribution is 0.271. The summed E-state index contributed by atoms with van der Waals surface area (Å²) in [4.78, 5) is 0. The summed E-state index contributed by atoms with van der Waals surface area (Å²) in [6, 6.07) is 0. The van der Waals surface area contributed by atoms with Gasteiger partial charge in [-0.15, -0.1) is 0 Å². The van der Waals surface area contributed by atoms with E-state index in [4.69, 9.17) is 9.94 Å². The molecule has 0 spiro atoms. The predicted octanol–water partition coefficient (Wildman–Crippen LogP) is 2.25. The zero-order valence-corrected chi connectivity index (χ0v) is 7.89. The van der Waals surface area contributed by atoms with Gasteiger partial charge in [0.2, 0.25) is 0 Å². The van der Waals surface area contributed by atoms with Crippen LogP contribution in [0.5, 0.6) is 0 Å². The quantitative estimate of drug-likeness (QED) is 0.543. The third kappa shape index (κ3) is 1.74. The van der Waals surface area contributed by atoms with E-state index in [0.29, 0.717) is 5.71 Å². The van der Waals surface area contributed by atoms with E-state index < -0.39 is 0 Å². The van der Waals surface area contributed by atoms with Crippen LogP contribution in [0.25, 0.3) is 0 Å². The Morgan fingerprint density at radius 2 is 2.27 bits per heavy atom. The summed E-state index contributed by atoms with van der Waals surface area (Å²) >= 11 is 3.31. The maximum atomic E-state index is 8.54. The summed E-state index contributed by atoms with van der Waals surface area (Å²) in [5, 5.41) is 11.7. The van der Waals surface area contributed by atoms with Gasteiger partial charge < -0.3 is 9.94 Å². The van der Waals surface area contributed by atoms with E-state index in [1.54, 1.807) is 7.11 Å². The molecule has 0 radical (unpaired) electrons. The first-order valence-corrected chi connectivity index (χ1v) is 4.23. The van der Waals surface area contributed by atoms with Crippen LogP contribution in [0.4, 0.5) is 0 Å². The van der Waals surface area contributed by atoms with Gasteiger partial charge in [0.1, 0.15) is 5.76 Å². The summed E-state index contributed by atoms with van der Waals surface area (Å²) in [5.74, 6) is 0.865. The lowest BCUT2D eigenvalue weighted by Gasteiger charge is -2.15. The van der Waals surface area contributed by atoms with Gasteiger partial charge >= 0.3 is 0 Å². The Morgan fingerprint density at radius 1 is 1.55 bits per heavy atom. The Morgan fingerprint density at radius 3 is 2.82 bits per heavy atom. The average molecular weight is 220 g/mol. The van der Waals surface area contributed by atoms with Gasteiger partial charge in [-0.25, -0.2) is 0 Å².